The number of carbonyl (C=O) groups excluding carboxylic acids is 1. The normalized spacial score (nSPS) is 20.1. The van der Waals surface area contributed by atoms with E-state index in [-0.39, 0.29) is 5.91 Å². The number of amides is 1. The van der Waals surface area contributed by atoms with Crippen LogP contribution in [0.4, 0.5) is 0 Å². The van der Waals surface area contributed by atoms with Gasteiger partial charge in [-0.1, -0.05) is 20.3 Å². The van der Waals surface area contributed by atoms with Gasteiger partial charge in [0.25, 0.3) is 0 Å². The summed E-state index contributed by atoms with van der Waals surface area (Å²) in [5, 5.41) is 6.51. The van der Waals surface area contributed by atoms with E-state index in [1.165, 1.54) is 19.3 Å². The topological polar surface area (TPSA) is 44.4 Å². The zero-order valence-corrected chi connectivity index (χ0v) is 12.0. The van der Waals surface area contributed by atoms with E-state index >= 15 is 0 Å². The first-order valence-corrected chi connectivity index (χ1v) is 7.48. The number of piperidine rings is 1. The molecule has 1 saturated heterocycles. The van der Waals surface area contributed by atoms with Gasteiger partial charge in [-0.25, -0.2) is 0 Å². The second-order valence-electron chi connectivity index (χ2n) is 5.23. The fraction of sp³-hybridized carbons (Fsp3) is 0.929. The number of rotatable bonds is 8. The summed E-state index contributed by atoms with van der Waals surface area (Å²) in [6.07, 6.45) is 5.97. The van der Waals surface area contributed by atoms with Crippen molar-refractivity contribution < 1.29 is 4.79 Å². The summed E-state index contributed by atoms with van der Waals surface area (Å²) in [6, 6.07) is 0.573. The maximum Gasteiger partial charge on any atom is 0.234 e. The molecule has 0 spiro atoms. The Morgan fingerprint density at radius 2 is 2.17 bits per heavy atom. The first-order chi connectivity index (χ1) is 8.76. The van der Waals surface area contributed by atoms with Crippen molar-refractivity contribution in [3.63, 3.8) is 0 Å². The van der Waals surface area contributed by atoms with Crippen LogP contribution in [-0.4, -0.2) is 49.6 Å². The van der Waals surface area contributed by atoms with Crippen LogP contribution in [0.1, 0.15) is 46.0 Å². The Kier molecular flexibility index (Phi) is 8.01. The standard InChI is InChI=1S/C14H29N3O/c1-3-8-16-14(18)12-17(10-4-2)11-13-7-5-6-9-15-13/h13,15H,3-12H2,1-2H3,(H,16,18). The quantitative estimate of drug-likeness (QED) is 0.688. The van der Waals surface area contributed by atoms with Gasteiger partial charge in [0.05, 0.1) is 6.54 Å². The maximum atomic E-state index is 11.8. The minimum Gasteiger partial charge on any atom is -0.355 e. The summed E-state index contributed by atoms with van der Waals surface area (Å²) in [6.45, 7) is 8.74. The van der Waals surface area contributed by atoms with Gasteiger partial charge in [-0.2, -0.15) is 0 Å². The molecule has 0 aliphatic carbocycles. The van der Waals surface area contributed by atoms with Gasteiger partial charge >= 0.3 is 0 Å². The summed E-state index contributed by atoms with van der Waals surface area (Å²) in [5.41, 5.74) is 0. The lowest BCUT2D eigenvalue weighted by Gasteiger charge is -2.30. The predicted octanol–water partition coefficient (Wildman–Crippen LogP) is 1.37. The van der Waals surface area contributed by atoms with Crippen LogP contribution in [0.15, 0.2) is 0 Å². The van der Waals surface area contributed by atoms with Gasteiger partial charge in [0, 0.05) is 19.1 Å². The highest BCUT2D eigenvalue weighted by Crippen LogP contribution is 2.08. The predicted molar refractivity (Wildman–Crippen MR) is 75.7 cm³/mol. The molecule has 1 atom stereocenters. The Bertz CT molecular complexity index is 227. The van der Waals surface area contributed by atoms with E-state index in [0.717, 1.165) is 39.0 Å². The Morgan fingerprint density at radius 1 is 1.33 bits per heavy atom. The molecule has 0 bridgehead atoms. The molecule has 4 nitrogen and oxygen atoms in total. The molecule has 106 valence electrons. The lowest BCUT2D eigenvalue weighted by atomic mass is 10.0. The van der Waals surface area contributed by atoms with E-state index in [2.05, 4.69) is 29.4 Å². The third kappa shape index (κ3) is 6.36. The zero-order valence-electron chi connectivity index (χ0n) is 12.0. The van der Waals surface area contributed by atoms with Crippen LogP contribution in [0, 0.1) is 0 Å². The molecule has 4 heteroatoms. The fourth-order valence-corrected chi connectivity index (χ4v) is 2.47. The van der Waals surface area contributed by atoms with Crippen molar-refractivity contribution in [3.8, 4) is 0 Å². The first-order valence-electron chi connectivity index (χ1n) is 7.48. The van der Waals surface area contributed by atoms with Crippen LogP contribution >= 0.6 is 0 Å². The highest BCUT2D eigenvalue weighted by molar-refractivity contribution is 5.77. The van der Waals surface area contributed by atoms with Crippen LogP contribution in [-0.2, 0) is 4.79 Å². The highest BCUT2D eigenvalue weighted by Gasteiger charge is 2.17. The Balaban J connectivity index is 2.30. The molecule has 1 aliphatic heterocycles. The van der Waals surface area contributed by atoms with Crippen LogP contribution in [0.25, 0.3) is 0 Å². The first kappa shape index (κ1) is 15.4. The molecule has 0 aromatic carbocycles. The number of carbonyl (C=O) groups is 1. The number of hydrogen-bond acceptors (Lipinski definition) is 3. The SMILES string of the molecule is CCCNC(=O)CN(CCC)CC1CCCCN1. The summed E-state index contributed by atoms with van der Waals surface area (Å²) in [4.78, 5) is 14.0. The van der Waals surface area contributed by atoms with Crippen LogP contribution in [0.5, 0.6) is 0 Å². The largest absolute Gasteiger partial charge is 0.355 e. The molecule has 1 aliphatic rings. The Hall–Kier alpha value is -0.610. The van der Waals surface area contributed by atoms with Crippen molar-refractivity contribution in [1.82, 2.24) is 15.5 Å². The smallest absolute Gasteiger partial charge is 0.234 e. The number of nitrogens with one attached hydrogen (secondary N) is 2. The Labute approximate surface area is 111 Å². The minimum atomic E-state index is 0.168. The second-order valence-corrected chi connectivity index (χ2v) is 5.23. The van der Waals surface area contributed by atoms with E-state index in [4.69, 9.17) is 0 Å². The molecule has 1 heterocycles. The average Bonchev–Trinajstić information content (AvgIpc) is 2.38. The molecular formula is C14H29N3O. The number of hydrogen-bond donors (Lipinski definition) is 2. The third-order valence-electron chi connectivity index (χ3n) is 3.37. The molecule has 0 aromatic heterocycles. The van der Waals surface area contributed by atoms with Gasteiger partial charge in [-0.3, -0.25) is 9.69 Å². The molecule has 1 rings (SSSR count). The van der Waals surface area contributed by atoms with Gasteiger partial charge in [-0.05, 0) is 38.8 Å². The lowest BCUT2D eigenvalue weighted by molar-refractivity contribution is -0.122. The van der Waals surface area contributed by atoms with Gasteiger partial charge in [-0.15, -0.1) is 0 Å². The summed E-state index contributed by atoms with van der Waals surface area (Å²) in [7, 11) is 0. The van der Waals surface area contributed by atoms with Crippen molar-refractivity contribution in [2.24, 2.45) is 0 Å². The van der Waals surface area contributed by atoms with Crippen LogP contribution in [0.2, 0.25) is 0 Å². The van der Waals surface area contributed by atoms with Gasteiger partial charge in [0.1, 0.15) is 0 Å². The average molecular weight is 255 g/mol. The van der Waals surface area contributed by atoms with Crippen molar-refractivity contribution in [1.29, 1.82) is 0 Å². The molecule has 1 fully saturated rings. The van der Waals surface area contributed by atoms with Crippen LogP contribution < -0.4 is 10.6 Å². The number of nitrogens with zero attached hydrogens (tertiary/aromatic N) is 1. The van der Waals surface area contributed by atoms with Crippen LogP contribution in [0.3, 0.4) is 0 Å². The van der Waals surface area contributed by atoms with Crippen molar-refractivity contribution in [3.05, 3.63) is 0 Å². The summed E-state index contributed by atoms with van der Waals surface area (Å²) in [5.74, 6) is 0.168. The van der Waals surface area contributed by atoms with E-state index < -0.39 is 0 Å². The van der Waals surface area contributed by atoms with Crippen molar-refractivity contribution in [2.75, 3.05) is 32.7 Å². The molecule has 2 N–H and O–H groups in total. The van der Waals surface area contributed by atoms with E-state index in [1.54, 1.807) is 0 Å². The summed E-state index contributed by atoms with van der Waals surface area (Å²) >= 11 is 0. The molecular weight excluding hydrogens is 226 g/mol. The van der Waals surface area contributed by atoms with E-state index in [0.29, 0.717) is 12.6 Å². The van der Waals surface area contributed by atoms with E-state index in [1.807, 2.05) is 0 Å². The molecule has 0 aromatic rings. The molecule has 1 amide bonds. The van der Waals surface area contributed by atoms with E-state index in [9.17, 15) is 4.79 Å². The minimum absolute atomic E-state index is 0.168. The molecule has 18 heavy (non-hydrogen) atoms. The fourth-order valence-electron chi connectivity index (χ4n) is 2.47. The third-order valence-corrected chi connectivity index (χ3v) is 3.37. The van der Waals surface area contributed by atoms with Gasteiger partial charge < -0.3 is 10.6 Å². The van der Waals surface area contributed by atoms with Crippen molar-refractivity contribution >= 4 is 5.91 Å². The molecule has 1 unspecified atom stereocenters. The van der Waals surface area contributed by atoms with Gasteiger partial charge in [0.15, 0.2) is 0 Å². The maximum absolute atomic E-state index is 11.8. The second kappa shape index (κ2) is 9.34. The Morgan fingerprint density at radius 3 is 2.78 bits per heavy atom. The molecule has 0 saturated carbocycles. The monoisotopic (exact) mass is 255 g/mol. The lowest BCUT2D eigenvalue weighted by Crippen LogP contribution is -2.47. The summed E-state index contributed by atoms with van der Waals surface area (Å²) < 4.78 is 0. The van der Waals surface area contributed by atoms with Gasteiger partial charge in [0.2, 0.25) is 5.91 Å². The van der Waals surface area contributed by atoms with Crippen molar-refractivity contribution in [2.45, 2.75) is 52.0 Å². The zero-order chi connectivity index (χ0) is 13.2. The highest BCUT2D eigenvalue weighted by atomic mass is 16.2. The molecule has 0 radical (unpaired) electrons.